The van der Waals surface area contributed by atoms with Gasteiger partial charge in [-0.25, -0.2) is 0 Å². The molecule has 0 radical (unpaired) electrons. The minimum Gasteiger partial charge on any atom is -0.490 e. The average Bonchev–Trinajstić information content (AvgIpc) is 2.68. The number of benzene rings is 2. The molecule has 164 valence electrons. The van der Waals surface area contributed by atoms with E-state index in [2.05, 4.69) is 5.32 Å². The molecule has 1 N–H and O–H groups in total. The lowest BCUT2D eigenvalue weighted by Crippen LogP contribution is -2.29. The number of hydrogen-bond donors (Lipinski definition) is 1. The van der Waals surface area contributed by atoms with Crippen molar-refractivity contribution in [3.05, 3.63) is 56.5 Å². The first-order chi connectivity index (χ1) is 14.6. The first kappa shape index (κ1) is 23.5. The van der Waals surface area contributed by atoms with Crippen LogP contribution in [-0.2, 0) is 13.2 Å². The molecule has 30 heavy (non-hydrogen) atoms. The van der Waals surface area contributed by atoms with E-state index in [1.807, 2.05) is 25.1 Å². The summed E-state index contributed by atoms with van der Waals surface area (Å²) in [5.41, 5.74) is 1.94. The maximum atomic E-state index is 6.58. The van der Waals surface area contributed by atoms with Crippen molar-refractivity contribution in [3.8, 4) is 11.5 Å². The lowest BCUT2D eigenvalue weighted by Gasteiger charge is -2.22. The SMILES string of the molecule is CCOc1cc(CNC2CCCCCCC2)cc(Cl)c1OCc1ccc(Cl)cc1Cl. The molecule has 6 heteroatoms. The van der Waals surface area contributed by atoms with Crippen molar-refractivity contribution < 1.29 is 9.47 Å². The average molecular weight is 471 g/mol. The van der Waals surface area contributed by atoms with Gasteiger partial charge in [-0.05, 0) is 49.6 Å². The van der Waals surface area contributed by atoms with E-state index in [1.165, 1.54) is 44.9 Å². The molecular formula is C24H30Cl3NO2. The van der Waals surface area contributed by atoms with E-state index < -0.39 is 0 Å². The Balaban J connectivity index is 1.68. The molecule has 1 aliphatic carbocycles. The Morgan fingerprint density at radius 3 is 2.33 bits per heavy atom. The van der Waals surface area contributed by atoms with Crippen LogP contribution >= 0.6 is 34.8 Å². The van der Waals surface area contributed by atoms with Gasteiger partial charge in [0.25, 0.3) is 0 Å². The third-order valence-corrected chi connectivity index (χ3v) is 6.32. The second-order valence-corrected chi connectivity index (χ2v) is 9.04. The van der Waals surface area contributed by atoms with E-state index in [-0.39, 0.29) is 6.61 Å². The zero-order valence-electron chi connectivity index (χ0n) is 17.5. The summed E-state index contributed by atoms with van der Waals surface area (Å²) in [6, 6.07) is 9.90. The van der Waals surface area contributed by atoms with Gasteiger partial charge in [0.1, 0.15) is 6.61 Å². The normalized spacial score (nSPS) is 15.5. The standard InChI is InChI=1S/C24H30Cl3NO2/c1-2-29-23-13-17(15-28-20-8-6-4-3-5-7-9-20)12-22(27)24(23)30-16-18-10-11-19(25)14-21(18)26/h10-14,20,28H,2-9,15-16H2,1H3. The minimum absolute atomic E-state index is 0.287. The number of hydrogen-bond acceptors (Lipinski definition) is 3. The summed E-state index contributed by atoms with van der Waals surface area (Å²) < 4.78 is 11.8. The van der Waals surface area contributed by atoms with E-state index in [0.717, 1.165) is 17.7 Å². The largest absolute Gasteiger partial charge is 0.490 e. The van der Waals surface area contributed by atoms with Gasteiger partial charge in [-0.15, -0.1) is 0 Å². The topological polar surface area (TPSA) is 30.5 Å². The predicted octanol–water partition coefficient (Wildman–Crippen LogP) is 7.83. The maximum Gasteiger partial charge on any atom is 0.180 e. The van der Waals surface area contributed by atoms with Crippen LogP contribution in [0.25, 0.3) is 0 Å². The summed E-state index contributed by atoms with van der Waals surface area (Å²) >= 11 is 18.8. The molecule has 1 aliphatic rings. The van der Waals surface area contributed by atoms with Crippen LogP contribution in [0.4, 0.5) is 0 Å². The molecule has 0 heterocycles. The fourth-order valence-corrected chi connectivity index (χ4v) is 4.59. The number of ether oxygens (including phenoxy) is 2. The highest BCUT2D eigenvalue weighted by molar-refractivity contribution is 6.35. The Morgan fingerprint density at radius 1 is 0.900 bits per heavy atom. The Bertz CT molecular complexity index is 820. The van der Waals surface area contributed by atoms with Gasteiger partial charge < -0.3 is 14.8 Å². The van der Waals surface area contributed by atoms with Crippen LogP contribution in [0.3, 0.4) is 0 Å². The lowest BCUT2D eigenvalue weighted by molar-refractivity contribution is 0.269. The quantitative estimate of drug-likeness (QED) is 0.426. The number of halogens is 3. The van der Waals surface area contributed by atoms with Crippen LogP contribution in [0.1, 0.15) is 63.0 Å². The third-order valence-electron chi connectivity index (χ3n) is 5.46. The molecule has 0 bridgehead atoms. The van der Waals surface area contributed by atoms with E-state index in [0.29, 0.717) is 39.2 Å². The van der Waals surface area contributed by atoms with Crippen molar-refractivity contribution in [2.24, 2.45) is 0 Å². The van der Waals surface area contributed by atoms with Crippen molar-refractivity contribution in [2.45, 2.75) is 71.1 Å². The van der Waals surface area contributed by atoms with Gasteiger partial charge >= 0.3 is 0 Å². The summed E-state index contributed by atoms with van der Waals surface area (Å²) in [7, 11) is 0. The molecule has 2 aromatic rings. The molecule has 0 aromatic heterocycles. The van der Waals surface area contributed by atoms with Gasteiger partial charge in [0, 0.05) is 28.2 Å². The predicted molar refractivity (Wildman–Crippen MR) is 126 cm³/mol. The minimum atomic E-state index is 0.287. The fourth-order valence-electron chi connectivity index (χ4n) is 3.84. The Kier molecular flexibility index (Phi) is 9.45. The summed E-state index contributed by atoms with van der Waals surface area (Å²) in [6.45, 7) is 3.55. The third kappa shape index (κ3) is 6.95. The van der Waals surface area contributed by atoms with Crippen LogP contribution in [-0.4, -0.2) is 12.6 Å². The Morgan fingerprint density at radius 2 is 1.63 bits per heavy atom. The maximum absolute atomic E-state index is 6.58. The molecule has 3 nitrogen and oxygen atoms in total. The van der Waals surface area contributed by atoms with Gasteiger partial charge in [-0.2, -0.15) is 0 Å². The zero-order chi connectivity index (χ0) is 21.3. The van der Waals surface area contributed by atoms with Gasteiger partial charge in [-0.1, -0.05) is 73.0 Å². The molecule has 0 amide bonds. The van der Waals surface area contributed by atoms with Crippen LogP contribution in [0.5, 0.6) is 11.5 Å². The molecule has 0 spiro atoms. The van der Waals surface area contributed by atoms with Gasteiger partial charge in [0.15, 0.2) is 11.5 Å². The molecule has 1 saturated carbocycles. The van der Waals surface area contributed by atoms with Crippen molar-refractivity contribution in [1.82, 2.24) is 5.32 Å². The first-order valence-corrected chi connectivity index (χ1v) is 12.0. The van der Waals surface area contributed by atoms with Crippen LogP contribution in [0, 0.1) is 0 Å². The molecular weight excluding hydrogens is 441 g/mol. The van der Waals surface area contributed by atoms with Crippen molar-refractivity contribution >= 4 is 34.8 Å². The highest BCUT2D eigenvalue weighted by atomic mass is 35.5. The molecule has 2 aromatic carbocycles. The van der Waals surface area contributed by atoms with Gasteiger partial charge in [0.2, 0.25) is 0 Å². The van der Waals surface area contributed by atoms with Gasteiger partial charge in [0.05, 0.1) is 11.6 Å². The number of rotatable bonds is 8. The molecule has 0 saturated heterocycles. The van der Waals surface area contributed by atoms with E-state index in [4.69, 9.17) is 44.3 Å². The summed E-state index contributed by atoms with van der Waals surface area (Å²) in [6.07, 6.45) is 9.18. The molecule has 0 aliphatic heterocycles. The highest BCUT2D eigenvalue weighted by Crippen LogP contribution is 2.38. The lowest BCUT2D eigenvalue weighted by atomic mass is 9.96. The smallest absolute Gasteiger partial charge is 0.180 e. The molecule has 1 fully saturated rings. The monoisotopic (exact) mass is 469 g/mol. The highest BCUT2D eigenvalue weighted by Gasteiger charge is 2.16. The molecule has 0 atom stereocenters. The Hall–Kier alpha value is -1.13. The van der Waals surface area contributed by atoms with Crippen LogP contribution < -0.4 is 14.8 Å². The molecule has 3 rings (SSSR count). The second kappa shape index (κ2) is 12.0. The number of nitrogens with one attached hydrogen (secondary N) is 1. The zero-order valence-corrected chi connectivity index (χ0v) is 19.8. The fraction of sp³-hybridized carbons (Fsp3) is 0.500. The van der Waals surface area contributed by atoms with Crippen LogP contribution in [0.2, 0.25) is 15.1 Å². The van der Waals surface area contributed by atoms with Crippen LogP contribution in [0.15, 0.2) is 30.3 Å². The van der Waals surface area contributed by atoms with E-state index in [1.54, 1.807) is 12.1 Å². The van der Waals surface area contributed by atoms with E-state index in [9.17, 15) is 0 Å². The van der Waals surface area contributed by atoms with Crippen molar-refractivity contribution in [2.75, 3.05) is 6.61 Å². The van der Waals surface area contributed by atoms with Gasteiger partial charge in [-0.3, -0.25) is 0 Å². The first-order valence-electron chi connectivity index (χ1n) is 10.8. The molecule has 0 unspecified atom stereocenters. The Labute approximate surface area is 195 Å². The second-order valence-electron chi connectivity index (χ2n) is 7.79. The van der Waals surface area contributed by atoms with Crippen molar-refractivity contribution in [3.63, 3.8) is 0 Å². The summed E-state index contributed by atoms with van der Waals surface area (Å²) in [4.78, 5) is 0. The van der Waals surface area contributed by atoms with E-state index >= 15 is 0 Å². The summed E-state index contributed by atoms with van der Waals surface area (Å²) in [5, 5.41) is 5.41. The summed E-state index contributed by atoms with van der Waals surface area (Å²) in [5.74, 6) is 1.20. The van der Waals surface area contributed by atoms with Crippen molar-refractivity contribution in [1.29, 1.82) is 0 Å².